The average Bonchev–Trinajstić information content (AvgIpc) is 3.29. The molecule has 3 aliphatic rings. The van der Waals surface area contributed by atoms with Gasteiger partial charge in [-0.3, -0.25) is 23.9 Å². The van der Waals surface area contributed by atoms with Crippen molar-refractivity contribution in [1.29, 1.82) is 0 Å². The minimum atomic E-state index is -5.16. The van der Waals surface area contributed by atoms with Crippen molar-refractivity contribution in [3.63, 3.8) is 0 Å². The Kier molecular flexibility index (Phi) is 4.54. The number of nitrogens with one attached hydrogen (secondary N) is 2. The third kappa shape index (κ3) is 6.20. The van der Waals surface area contributed by atoms with Crippen molar-refractivity contribution in [2.24, 2.45) is 11.3 Å². The zero-order valence-corrected chi connectivity index (χ0v) is 17.0. The Labute approximate surface area is 197 Å². The molecule has 0 aromatic carbocycles. The van der Waals surface area contributed by atoms with Crippen LogP contribution in [0.2, 0.25) is 0 Å². The first kappa shape index (κ1) is 14.9. The molecule has 1 aliphatic carbocycles. The van der Waals surface area contributed by atoms with E-state index in [-0.39, 0.29) is 32.4 Å². The first-order chi connectivity index (χ1) is 18.5. The van der Waals surface area contributed by atoms with Crippen molar-refractivity contribution in [3.05, 3.63) is 0 Å². The zero-order chi connectivity index (χ0) is 31.4. The summed E-state index contributed by atoms with van der Waals surface area (Å²) in [6.07, 6.45) is -15.9. The Hall–Kier alpha value is -2.17. The van der Waals surface area contributed by atoms with Gasteiger partial charge in [0, 0.05) is 37.7 Å². The SMILES string of the molecule is [2H]C([2H])([2H])C([2H])([2H])C([2H])([2H])C([2H])([2H])C(=O)N1CC2(CC2)C[C@H]1C(=O)N[C@@H](C[C@@H]1CCNC1=O)C(=O)COC(F)(F)F. The van der Waals surface area contributed by atoms with Gasteiger partial charge in [-0.25, -0.2) is 0 Å². The van der Waals surface area contributed by atoms with Crippen LogP contribution in [0.25, 0.3) is 0 Å². The summed E-state index contributed by atoms with van der Waals surface area (Å²) in [5.74, 6) is -5.30. The van der Waals surface area contributed by atoms with Crippen LogP contribution >= 0.6 is 0 Å². The van der Waals surface area contributed by atoms with Crippen LogP contribution in [0.15, 0.2) is 0 Å². The molecule has 1 spiro atoms. The number of amides is 3. The number of nitrogens with zero attached hydrogens (tertiary/aromatic N) is 1. The molecule has 3 rings (SSSR count). The summed E-state index contributed by atoms with van der Waals surface area (Å²) in [7, 11) is 0. The summed E-state index contributed by atoms with van der Waals surface area (Å²) in [5.41, 5.74) is -0.659. The van der Waals surface area contributed by atoms with E-state index in [1.54, 1.807) is 0 Å². The molecule has 3 fully saturated rings. The number of ketones is 1. The minimum absolute atomic E-state index is 0.0697. The molecule has 2 heterocycles. The number of hydrogen-bond acceptors (Lipinski definition) is 5. The van der Waals surface area contributed by atoms with Gasteiger partial charge in [-0.15, -0.1) is 13.2 Å². The predicted octanol–water partition coefficient (Wildman–Crippen LogP) is 1.67. The van der Waals surface area contributed by atoms with Gasteiger partial charge in [-0.05, 0) is 43.9 Å². The number of halogens is 3. The Morgan fingerprint density at radius 1 is 1.41 bits per heavy atom. The van der Waals surface area contributed by atoms with Gasteiger partial charge in [0.15, 0.2) is 5.78 Å². The quantitative estimate of drug-likeness (QED) is 0.506. The third-order valence-corrected chi connectivity index (χ3v) is 6.03. The molecular formula is C21H30F3N3O5. The van der Waals surface area contributed by atoms with E-state index in [9.17, 15) is 32.3 Å². The smallest absolute Gasteiger partial charge is 0.356 e. The van der Waals surface area contributed by atoms with Crippen molar-refractivity contribution in [2.75, 3.05) is 19.7 Å². The van der Waals surface area contributed by atoms with Crippen molar-refractivity contribution >= 4 is 23.5 Å². The van der Waals surface area contributed by atoms with E-state index in [0.29, 0.717) is 17.7 Å². The maximum Gasteiger partial charge on any atom is 0.522 e. The van der Waals surface area contributed by atoms with Crippen LogP contribution in [0.1, 0.15) is 70.4 Å². The molecule has 1 saturated carbocycles. The molecular weight excluding hydrogens is 431 g/mol. The summed E-state index contributed by atoms with van der Waals surface area (Å²) >= 11 is 0. The van der Waals surface area contributed by atoms with Crippen LogP contribution in [0, 0.1) is 11.3 Å². The van der Waals surface area contributed by atoms with Gasteiger partial charge in [-0.1, -0.05) is 13.2 Å². The van der Waals surface area contributed by atoms with Gasteiger partial charge in [0.05, 0.1) is 6.04 Å². The van der Waals surface area contributed by atoms with Gasteiger partial charge in [0.2, 0.25) is 17.7 Å². The molecule has 32 heavy (non-hydrogen) atoms. The molecule has 2 saturated heterocycles. The molecule has 0 unspecified atom stereocenters. The normalized spacial score (nSPS) is 30.9. The summed E-state index contributed by atoms with van der Waals surface area (Å²) < 4.78 is 111. The number of Topliss-reactive ketones (excluding diaryl/α,β-unsaturated/α-hetero) is 1. The van der Waals surface area contributed by atoms with Gasteiger partial charge in [0.25, 0.3) is 0 Å². The summed E-state index contributed by atoms with van der Waals surface area (Å²) in [4.78, 5) is 52.1. The lowest BCUT2D eigenvalue weighted by Crippen LogP contribution is -2.52. The monoisotopic (exact) mass is 470 g/mol. The fourth-order valence-corrected chi connectivity index (χ4v) is 4.15. The van der Waals surface area contributed by atoms with E-state index in [0.717, 1.165) is 0 Å². The van der Waals surface area contributed by atoms with Crippen LogP contribution in [-0.2, 0) is 23.9 Å². The molecule has 3 amide bonds. The van der Waals surface area contributed by atoms with Gasteiger partial charge >= 0.3 is 6.36 Å². The van der Waals surface area contributed by atoms with Crippen LogP contribution in [-0.4, -0.2) is 66.5 Å². The zero-order valence-electron chi connectivity index (χ0n) is 26.0. The van der Waals surface area contributed by atoms with Gasteiger partial charge in [-0.2, -0.15) is 0 Å². The van der Waals surface area contributed by atoms with Crippen molar-refractivity contribution in [3.8, 4) is 0 Å². The van der Waals surface area contributed by atoms with E-state index in [4.69, 9.17) is 12.3 Å². The predicted molar refractivity (Wildman–Crippen MR) is 106 cm³/mol. The first-order valence-corrected chi connectivity index (χ1v) is 10.1. The highest BCUT2D eigenvalue weighted by atomic mass is 19.4. The molecule has 180 valence electrons. The second kappa shape index (κ2) is 9.76. The average molecular weight is 471 g/mol. The van der Waals surface area contributed by atoms with E-state index in [1.165, 1.54) is 0 Å². The Morgan fingerprint density at radius 2 is 2.16 bits per heavy atom. The lowest BCUT2D eigenvalue weighted by Gasteiger charge is -2.27. The topological polar surface area (TPSA) is 105 Å². The minimum Gasteiger partial charge on any atom is -0.356 e. The molecule has 2 aliphatic heterocycles. The van der Waals surface area contributed by atoms with Crippen LogP contribution in [0.4, 0.5) is 13.2 Å². The van der Waals surface area contributed by atoms with Crippen LogP contribution < -0.4 is 10.6 Å². The Balaban J connectivity index is 1.86. The molecule has 3 atom stereocenters. The number of hydrogen-bond donors (Lipinski definition) is 2. The van der Waals surface area contributed by atoms with Crippen molar-refractivity contribution in [2.45, 2.75) is 76.5 Å². The Morgan fingerprint density at radius 3 is 2.75 bits per heavy atom. The van der Waals surface area contributed by atoms with Crippen LogP contribution in [0.3, 0.4) is 0 Å². The van der Waals surface area contributed by atoms with E-state index < -0.39 is 85.9 Å². The highest BCUT2D eigenvalue weighted by molar-refractivity contribution is 5.94. The number of carbonyl (C=O) groups is 4. The summed E-state index contributed by atoms with van der Waals surface area (Å²) in [6, 6.07) is -3.19. The molecule has 11 heteroatoms. The molecule has 0 aromatic rings. The van der Waals surface area contributed by atoms with E-state index >= 15 is 0 Å². The highest BCUT2D eigenvalue weighted by Gasteiger charge is 2.55. The van der Waals surface area contributed by atoms with E-state index in [1.807, 2.05) is 0 Å². The molecule has 8 nitrogen and oxygen atoms in total. The van der Waals surface area contributed by atoms with E-state index in [2.05, 4.69) is 15.4 Å². The third-order valence-electron chi connectivity index (χ3n) is 6.03. The number of ether oxygens (including phenoxy) is 1. The fraction of sp³-hybridized carbons (Fsp3) is 0.810. The first-order valence-electron chi connectivity index (χ1n) is 14.6. The largest absolute Gasteiger partial charge is 0.522 e. The number of rotatable bonds is 10. The maximum atomic E-state index is 13.4. The van der Waals surface area contributed by atoms with Gasteiger partial charge in [0.1, 0.15) is 12.6 Å². The highest BCUT2D eigenvalue weighted by Crippen LogP contribution is 2.55. The second-order valence-corrected chi connectivity index (χ2v) is 8.30. The van der Waals surface area contributed by atoms with Crippen molar-refractivity contribution in [1.82, 2.24) is 15.5 Å². The lowest BCUT2D eigenvalue weighted by atomic mass is 9.95. The second-order valence-electron chi connectivity index (χ2n) is 8.30. The lowest BCUT2D eigenvalue weighted by molar-refractivity contribution is -0.321. The number of likely N-dealkylation sites (tertiary alicyclic amines) is 1. The van der Waals surface area contributed by atoms with Crippen molar-refractivity contribution < 1.29 is 49.4 Å². The molecule has 0 radical (unpaired) electrons. The maximum absolute atomic E-state index is 13.4. The molecule has 0 aromatic heterocycles. The summed E-state index contributed by atoms with van der Waals surface area (Å²) in [5, 5.41) is 4.75. The van der Waals surface area contributed by atoms with Crippen LogP contribution in [0.5, 0.6) is 0 Å². The fourth-order valence-electron chi connectivity index (χ4n) is 4.15. The van der Waals surface area contributed by atoms with Gasteiger partial charge < -0.3 is 15.5 Å². The number of alkyl halides is 3. The molecule has 0 bridgehead atoms. The summed E-state index contributed by atoms with van der Waals surface area (Å²) in [6.45, 7) is -5.15. The molecule has 2 N–H and O–H groups in total. The standard InChI is InChI=1S/C21H30F3N3O5/c1-2-3-4-17(29)27-12-20(6-7-20)10-15(27)19(31)26-14(9-13-5-8-25-18(13)30)16(28)11-32-21(22,23)24/h13-15H,2-12H2,1H3,(H,25,30)(H,26,31)/t13-,14-,15-/m0/s1/i1D3,2D2,3D2,4D2. The number of carbonyl (C=O) groups excluding carboxylic acids is 4. The Bertz CT molecular complexity index is 1080.